The summed E-state index contributed by atoms with van der Waals surface area (Å²) in [6, 6.07) is 10.9. The van der Waals surface area contributed by atoms with Gasteiger partial charge in [-0.05, 0) is 18.1 Å². The number of pyridine rings is 1. The number of amides is 1. The summed E-state index contributed by atoms with van der Waals surface area (Å²) in [6.07, 6.45) is 7.32. The van der Waals surface area contributed by atoms with Crippen LogP contribution >= 0.6 is 0 Å². The number of hydrazone groups is 1. The maximum atomic E-state index is 11.7. The Balaban J connectivity index is 1.96. The quantitative estimate of drug-likeness (QED) is 0.368. The molecule has 0 unspecified atom stereocenters. The first-order valence-corrected chi connectivity index (χ1v) is 6.88. The first kappa shape index (κ1) is 15.4. The van der Waals surface area contributed by atoms with Crippen molar-refractivity contribution in [1.29, 1.82) is 0 Å². The molecule has 0 atom stereocenters. The molecule has 0 radical (unpaired) electrons. The van der Waals surface area contributed by atoms with Crippen molar-refractivity contribution in [1.82, 2.24) is 5.43 Å². The molecule has 1 amide bonds. The smallest absolute Gasteiger partial charge is 0.305 e. The minimum Gasteiger partial charge on any atom is -0.507 e. The van der Waals surface area contributed by atoms with E-state index in [1.807, 2.05) is 30.3 Å². The van der Waals surface area contributed by atoms with E-state index in [2.05, 4.69) is 17.1 Å². The predicted molar refractivity (Wildman–Crippen MR) is 84.4 cm³/mol. The van der Waals surface area contributed by atoms with Crippen LogP contribution < -0.4 is 9.99 Å². The van der Waals surface area contributed by atoms with Crippen molar-refractivity contribution in [3.8, 4) is 5.75 Å². The first-order valence-electron chi connectivity index (χ1n) is 6.88. The van der Waals surface area contributed by atoms with E-state index in [9.17, 15) is 9.90 Å². The number of hydrogen-bond acceptors (Lipinski definition) is 3. The molecule has 1 heterocycles. The van der Waals surface area contributed by atoms with Gasteiger partial charge in [-0.3, -0.25) is 4.79 Å². The minimum absolute atomic E-state index is 0.151. The third-order valence-corrected chi connectivity index (χ3v) is 3.01. The maximum absolute atomic E-state index is 11.7. The van der Waals surface area contributed by atoms with Gasteiger partial charge in [0.2, 0.25) is 6.54 Å². The molecule has 5 heteroatoms. The number of nitrogens with one attached hydrogen (secondary N) is 1. The molecule has 5 nitrogen and oxygen atoms in total. The second-order valence-electron chi connectivity index (χ2n) is 4.69. The van der Waals surface area contributed by atoms with Gasteiger partial charge in [0.1, 0.15) is 5.75 Å². The number of phenolic OH excluding ortho intramolecular Hbond substituents is 1. The Bertz CT molecular complexity index is 682. The number of nitrogens with zero attached hydrogens (tertiary/aromatic N) is 2. The normalized spacial score (nSPS) is 10.5. The van der Waals surface area contributed by atoms with Gasteiger partial charge in [0.25, 0.3) is 0 Å². The number of hydrogen-bond donors (Lipinski definition) is 2. The standard InChI is InChI=1S/C17H17N3O2/c1-2-7-14-8-6-9-15(17(14)22)12-18-19-16(21)13-20-10-4-3-5-11-20/h2-6,8-12H,1,7,13H2,(H-,18,19,21,22)/p+1. The molecule has 0 bridgehead atoms. The lowest BCUT2D eigenvalue weighted by molar-refractivity contribution is -0.684. The van der Waals surface area contributed by atoms with Crippen LogP contribution in [-0.4, -0.2) is 17.2 Å². The molecule has 0 saturated carbocycles. The lowest BCUT2D eigenvalue weighted by atomic mass is 10.1. The monoisotopic (exact) mass is 296 g/mol. The van der Waals surface area contributed by atoms with Gasteiger partial charge in [-0.1, -0.05) is 24.3 Å². The van der Waals surface area contributed by atoms with E-state index in [0.717, 1.165) is 5.56 Å². The molecule has 0 aliphatic carbocycles. The molecule has 1 aromatic carbocycles. The molecule has 0 aliphatic heterocycles. The lowest BCUT2D eigenvalue weighted by Gasteiger charge is -2.04. The van der Waals surface area contributed by atoms with Crippen LogP contribution in [-0.2, 0) is 17.8 Å². The van der Waals surface area contributed by atoms with Gasteiger partial charge in [-0.25, -0.2) is 5.43 Å². The predicted octanol–water partition coefficient (Wildman–Crippen LogP) is 1.56. The Morgan fingerprint density at radius 1 is 1.27 bits per heavy atom. The van der Waals surface area contributed by atoms with Gasteiger partial charge in [0.05, 0.1) is 6.21 Å². The molecule has 2 aromatic rings. The Labute approximate surface area is 129 Å². The largest absolute Gasteiger partial charge is 0.507 e. The Kier molecular flexibility index (Phi) is 5.43. The van der Waals surface area contributed by atoms with Gasteiger partial charge in [-0.15, -0.1) is 6.58 Å². The Hall–Kier alpha value is -2.95. The summed E-state index contributed by atoms with van der Waals surface area (Å²) >= 11 is 0. The molecule has 22 heavy (non-hydrogen) atoms. The number of carbonyl (C=O) groups is 1. The van der Waals surface area contributed by atoms with Crippen LogP contribution in [0.25, 0.3) is 0 Å². The van der Waals surface area contributed by atoms with E-state index in [1.165, 1.54) is 6.21 Å². The number of rotatable bonds is 6. The first-order chi connectivity index (χ1) is 10.7. The number of allylic oxidation sites excluding steroid dienone is 1. The zero-order valence-corrected chi connectivity index (χ0v) is 12.1. The van der Waals surface area contributed by atoms with Gasteiger partial charge in [0, 0.05) is 17.7 Å². The highest BCUT2D eigenvalue weighted by Gasteiger charge is 2.07. The summed E-state index contributed by atoms with van der Waals surface area (Å²) in [7, 11) is 0. The van der Waals surface area contributed by atoms with Crippen LogP contribution in [0.4, 0.5) is 0 Å². The van der Waals surface area contributed by atoms with E-state index in [0.29, 0.717) is 12.0 Å². The summed E-state index contributed by atoms with van der Waals surface area (Å²) in [5.41, 5.74) is 3.75. The van der Waals surface area contributed by atoms with Crippen molar-refractivity contribution >= 4 is 12.1 Å². The Morgan fingerprint density at radius 2 is 2.05 bits per heavy atom. The fourth-order valence-electron chi connectivity index (χ4n) is 1.95. The van der Waals surface area contributed by atoms with Crippen LogP contribution in [0.2, 0.25) is 0 Å². The summed E-state index contributed by atoms with van der Waals surface area (Å²) < 4.78 is 1.74. The molecule has 0 aliphatic rings. The highest BCUT2D eigenvalue weighted by molar-refractivity contribution is 5.85. The summed E-state index contributed by atoms with van der Waals surface area (Å²) in [4.78, 5) is 11.7. The molecular formula is C17H18N3O2+. The maximum Gasteiger partial charge on any atom is 0.305 e. The average Bonchev–Trinajstić information content (AvgIpc) is 2.52. The second kappa shape index (κ2) is 7.73. The van der Waals surface area contributed by atoms with Crippen molar-refractivity contribution in [2.24, 2.45) is 5.10 Å². The third kappa shape index (κ3) is 4.28. The number of benzene rings is 1. The van der Waals surface area contributed by atoms with Crippen molar-refractivity contribution in [3.63, 3.8) is 0 Å². The van der Waals surface area contributed by atoms with Gasteiger partial charge >= 0.3 is 5.91 Å². The van der Waals surface area contributed by atoms with Crippen LogP contribution in [0.1, 0.15) is 11.1 Å². The van der Waals surface area contributed by atoms with Crippen LogP contribution in [0.5, 0.6) is 5.75 Å². The topological polar surface area (TPSA) is 65.6 Å². The van der Waals surface area contributed by atoms with E-state index in [1.54, 1.807) is 29.1 Å². The molecule has 0 spiro atoms. The van der Waals surface area contributed by atoms with Crippen LogP contribution in [0, 0.1) is 0 Å². The number of carbonyl (C=O) groups excluding carboxylic acids is 1. The minimum atomic E-state index is -0.241. The van der Waals surface area contributed by atoms with Crippen molar-refractivity contribution in [2.45, 2.75) is 13.0 Å². The second-order valence-corrected chi connectivity index (χ2v) is 4.69. The van der Waals surface area contributed by atoms with Crippen LogP contribution in [0.15, 0.2) is 66.5 Å². The highest BCUT2D eigenvalue weighted by atomic mass is 16.3. The van der Waals surface area contributed by atoms with E-state index in [4.69, 9.17) is 0 Å². The van der Waals surface area contributed by atoms with Crippen molar-refractivity contribution in [3.05, 3.63) is 72.6 Å². The summed E-state index contributed by atoms with van der Waals surface area (Å²) in [5, 5.41) is 13.9. The molecule has 0 saturated heterocycles. The van der Waals surface area contributed by atoms with E-state index < -0.39 is 0 Å². The SMILES string of the molecule is C=CCc1cccc(C=NNC(=O)C[n+]2ccccc2)c1O. The molecule has 1 aromatic heterocycles. The van der Waals surface area contributed by atoms with Crippen LogP contribution in [0.3, 0.4) is 0 Å². The zero-order chi connectivity index (χ0) is 15.8. The lowest BCUT2D eigenvalue weighted by Crippen LogP contribution is -2.40. The zero-order valence-electron chi connectivity index (χ0n) is 12.1. The number of aromatic nitrogens is 1. The van der Waals surface area contributed by atoms with Crippen molar-refractivity contribution in [2.75, 3.05) is 0 Å². The molecule has 2 N–H and O–H groups in total. The molecule has 0 fully saturated rings. The highest BCUT2D eigenvalue weighted by Crippen LogP contribution is 2.21. The summed E-state index contributed by atoms with van der Waals surface area (Å²) in [6.45, 7) is 3.83. The molecule has 112 valence electrons. The fraction of sp³-hybridized carbons (Fsp3) is 0.118. The van der Waals surface area contributed by atoms with Gasteiger partial charge in [-0.2, -0.15) is 9.67 Å². The van der Waals surface area contributed by atoms with E-state index >= 15 is 0 Å². The van der Waals surface area contributed by atoms with E-state index in [-0.39, 0.29) is 18.2 Å². The molecule has 2 rings (SSSR count). The van der Waals surface area contributed by atoms with Gasteiger partial charge < -0.3 is 5.11 Å². The summed E-state index contributed by atoms with van der Waals surface area (Å²) in [5.74, 6) is -0.0907. The molecular weight excluding hydrogens is 278 g/mol. The number of phenols is 1. The fourth-order valence-corrected chi connectivity index (χ4v) is 1.95. The number of aromatic hydroxyl groups is 1. The average molecular weight is 296 g/mol. The van der Waals surface area contributed by atoms with Gasteiger partial charge in [0.15, 0.2) is 12.4 Å². The third-order valence-electron chi connectivity index (χ3n) is 3.01. The Morgan fingerprint density at radius 3 is 2.77 bits per heavy atom. The van der Waals surface area contributed by atoms with Crippen molar-refractivity contribution < 1.29 is 14.5 Å². The number of para-hydroxylation sites is 1.